The van der Waals surface area contributed by atoms with Crippen LogP contribution in [0.25, 0.3) is 0 Å². The molecule has 208 valence electrons. The number of rotatable bonds is 3. The Morgan fingerprint density at radius 3 is 2.05 bits per heavy atom. The first kappa shape index (κ1) is 26.3. The van der Waals surface area contributed by atoms with E-state index in [2.05, 4.69) is 36.4 Å². The highest BCUT2D eigenvalue weighted by atomic mass is 16.5. The van der Waals surface area contributed by atoms with Gasteiger partial charge in [-0.2, -0.15) is 0 Å². The van der Waals surface area contributed by atoms with E-state index in [1.807, 2.05) is 12.1 Å². The van der Waals surface area contributed by atoms with Crippen LogP contribution in [0.3, 0.4) is 0 Å². The van der Waals surface area contributed by atoms with Gasteiger partial charge in [-0.1, -0.05) is 68.9 Å². The number of ether oxygens (including phenoxy) is 2. The molecule has 2 aromatic rings. The van der Waals surface area contributed by atoms with Crippen LogP contribution in [-0.4, -0.2) is 71.7 Å². The summed E-state index contributed by atoms with van der Waals surface area (Å²) in [6, 6.07) is 16.6. The van der Waals surface area contributed by atoms with Crippen molar-refractivity contribution in [2.24, 2.45) is 0 Å². The highest BCUT2D eigenvalue weighted by Crippen LogP contribution is 2.51. The van der Waals surface area contributed by atoms with Crippen molar-refractivity contribution in [2.75, 3.05) is 39.4 Å². The number of hydrogen-bond donors (Lipinski definition) is 1. The number of para-hydroxylation sites is 1. The predicted molar refractivity (Wildman–Crippen MR) is 148 cm³/mol. The Morgan fingerprint density at radius 1 is 0.795 bits per heavy atom. The van der Waals surface area contributed by atoms with E-state index in [9.17, 15) is 14.7 Å². The average Bonchev–Trinajstić information content (AvgIpc) is 3.08. The fourth-order valence-corrected chi connectivity index (χ4v) is 6.93. The van der Waals surface area contributed by atoms with E-state index in [0.717, 1.165) is 17.7 Å². The summed E-state index contributed by atoms with van der Waals surface area (Å²) in [5.41, 5.74) is 1.90. The zero-order chi connectivity index (χ0) is 26.9. The smallest absolute Gasteiger partial charge is 0.259 e. The molecule has 6 rings (SSSR count). The van der Waals surface area contributed by atoms with Crippen molar-refractivity contribution in [1.82, 2.24) is 9.80 Å². The van der Waals surface area contributed by atoms with E-state index in [1.165, 1.54) is 56.9 Å². The van der Waals surface area contributed by atoms with Crippen molar-refractivity contribution in [3.8, 4) is 5.75 Å². The van der Waals surface area contributed by atoms with Crippen LogP contribution in [0.5, 0.6) is 5.75 Å². The normalized spacial score (nSPS) is 24.4. The lowest BCUT2D eigenvalue weighted by Gasteiger charge is -2.43. The maximum Gasteiger partial charge on any atom is 0.259 e. The first-order valence-corrected chi connectivity index (χ1v) is 14.7. The molecule has 1 spiro atoms. The Morgan fingerprint density at radius 2 is 1.41 bits per heavy atom. The van der Waals surface area contributed by atoms with Gasteiger partial charge in [-0.25, -0.2) is 0 Å². The van der Waals surface area contributed by atoms with Crippen molar-refractivity contribution < 1.29 is 24.2 Å². The van der Waals surface area contributed by atoms with E-state index in [4.69, 9.17) is 9.47 Å². The molecule has 0 bridgehead atoms. The van der Waals surface area contributed by atoms with Crippen LogP contribution in [0.2, 0.25) is 0 Å². The monoisotopic (exact) mass is 532 g/mol. The number of aliphatic hydroxyl groups is 1. The maximum atomic E-state index is 13.3. The summed E-state index contributed by atoms with van der Waals surface area (Å²) in [4.78, 5) is 29.2. The molecule has 0 aromatic heterocycles. The number of benzene rings is 2. The summed E-state index contributed by atoms with van der Waals surface area (Å²) >= 11 is 0. The highest BCUT2D eigenvalue weighted by Gasteiger charge is 2.47. The number of carbonyl (C=O) groups is 2. The molecule has 1 saturated carbocycles. The molecular weight excluding hydrogens is 492 g/mol. The minimum Gasteiger partial charge on any atom is -0.485 e. The fraction of sp³-hybridized carbons (Fsp3) is 0.562. The number of amides is 2. The lowest BCUT2D eigenvalue weighted by Crippen LogP contribution is -2.64. The first-order valence-electron chi connectivity index (χ1n) is 14.7. The molecule has 1 atom stereocenters. The van der Waals surface area contributed by atoms with E-state index >= 15 is 0 Å². The summed E-state index contributed by atoms with van der Waals surface area (Å²) in [6.45, 7) is 1.84. The van der Waals surface area contributed by atoms with Crippen LogP contribution in [0.4, 0.5) is 0 Å². The van der Waals surface area contributed by atoms with Gasteiger partial charge in [0.05, 0.1) is 13.2 Å². The number of nitrogens with zero attached hydrogens (tertiary/aromatic N) is 2. The first-order chi connectivity index (χ1) is 19.0. The summed E-state index contributed by atoms with van der Waals surface area (Å²) in [5, 5.41) is 10.3. The third kappa shape index (κ3) is 5.19. The van der Waals surface area contributed by atoms with Crippen molar-refractivity contribution >= 4 is 11.8 Å². The standard InChI is InChI=1S/C32H40N2O5/c35-29(33-17-19-34(20-18-33)30(36)32(37)22-38-23-32)25-13-11-24(12-14-25)28-21-31(15-7-3-1-2-4-8-16-31)26-9-5-6-10-27(26)39-28/h5-6,9-14,28,37H,1-4,7-8,15-23H2. The number of hydrogen-bond acceptors (Lipinski definition) is 5. The van der Waals surface area contributed by atoms with Crippen molar-refractivity contribution in [1.29, 1.82) is 0 Å². The topological polar surface area (TPSA) is 79.3 Å². The van der Waals surface area contributed by atoms with Gasteiger partial charge in [-0.3, -0.25) is 9.59 Å². The second-order valence-corrected chi connectivity index (χ2v) is 11.9. The summed E-state index contributed by atoms with van der Waals surface area (Å²) < 4.78 is 11.6. The lowest BCUT2D eigenvalue weighted by molar-refractivity contribution is -0.201. The van der Waals surface area contributed by atoms with Gasteiger partial charge in [0, 0.05) is 42.7 Å². The Balaban J connectivity index is 1.14. The Kier molecular flexibility index (Phi) is 7.38. The second kappa shape index (κ2) is 10.9. The lowest BCUT2D eigenvalue weighted by atomic mass is 9.67. The molecule has 2 aromatic carbocycles. The molecule has 3 aliphatic heterocycles. The Hall–Kier alpha value is -2.90. The summed E-state index contributed by atoms with van der Waals surface area (Å²) in [7, 11) is 0. The minimum atomic E-state index is -1.39. The van der Waals surface area contributed by atoms with Crippen LogP contribution in [0.1, 0.15) is 85.4 Å². The van der Waals surface area contributed by atoms with E-state index in [1.54, 1.807) is 9.80 Å². The average molecular weight is 533 g/mol. The van der Waals surface area contributed by atoms with Crippen LogP contribution >= 0.6 is 0 Å². The third-order valence-corrected chi connectivity index (χ3v) is 9.33. The van der Waals surface area contributed by atoms with Gasteiger partial charge in [0.2, 0.25) is 0 Å². The van der Waals surface area contributed by atoms with Crippen LogP contribution in [-0.2, 0) is 14.9 Å². The van der Waals surface area contributed by atoms with E-state index in [-0.39, 0.29) is 36.5 Å². The molecule has 2 amide bonds. The van der Waals surface area contributed by atoms with Crippen molar-refractivity contribution in [3.05, 3.63) is 65.2 Å². The zero-order valence-electron chi connectivity index (χ0n) is 22.8. The summed E-state index contributed by atoms with van der Waals surface area (Å²) in [5.74, 6) is 0.692. The van der Waals surface area contributed by atoms with Crippen molar-refractivity contribution in [2.45, 2.75) is 74.9 Å². The predicted octanol–water partition coefficient (Wildman–Crippen LogP) is 4.63. The molecule has 1 unspecified atom stereocenters. The van der Waals surface area contributed by atoms with Crippen LogP contribution in [0.15, 0.2) is 48.5 Å². The minimum absolute atomic E-state index is 0.0259. The summed E-state index contributed by atoms with van der Waals surface area (Å²) in [6.07, 6.45) is 11.2. The van der Waals surface area contributed by atoms with Gasteiger partial charge < -0.3 is 24.4 Å². The zero-order valence-corrected chi connectivity index (χ0v) is 22.8. The third-order valence-electron chi connectivity index (χ3n) is 9.33. The molecule has 2 saturated heterocycles. The quantitative estimate of drug-likeness (QED) is 0.624. The second-order valence-electron chi connectivity index (χ2n) is 11.9. The van der Waals surface area contributed by atoms with E-state index in [0.29, 0.717) is 31.7 Å². The SMILES string of the molecule is O=C(c1ccc(C2CC3(CCCCCCCC3)c3ccccc3O2)cc1)N1CCN(C(=O)C2(O)COC2)CC1. The van der Waals surface area contributed by atoms with Crippen molar-refractivity contribution in [3.63, 3.8) is 0 Å². The molecule has 3 fully saturated rings. The molecule has 3 heterocycles. The van der Waals surface area contributed by atoms with Gasteiger partial charge in [0.25, 0.3) is 11.8 Å². The number of fused-ring (bicyclic) bond motifs is 2. The molecule has 1 aliphatic carbocycles. The van der Waals surface area contributed by atoms with Gasteiger partial charge in [0.15, 0.2) is 5.60 Å². The molecule has 7 heteroatoms. The van der Waals surface area contributed by atoms with E-state index < -0.39 is 5.60 Å². The van der Waals surface area contributed by atoms with Gasteiger partial charge in [0.1, 0.15) is 11.9 Å². The van der Waals surface area contributed by atoms with Gasteiger partial charge in [-0.15, -0.1) is 0 Å². The van der Waals surface area contributed by atoms with Crippen LogP contribution < -0.4 is 4.74 Å². The molecule has 4 aliphatic rings. The number of carbonyl (C=O) groups excluding carboxylic acids is 2. The number of piperazine rings is 1. The van der Waals surface area contributed by atoms with Gasteiger partial charge >= 0.3 is 0 Å². The molecule has 7 nitrogen and oxygen atoms in total. The largest absolute Gasteiger partial charge is 0.485 e. The van der Waals surface area contributed by atoms with Crippen LogP contribution in [0, 0.1) is 0 Å². The van der Waals surface area contributed by atoms with Gasteiger partial charge in [-0.05, 0) is 43.0 Å². The fourth-order valence-electron chi connectivity index (χ4n) is 6.93. The maximum absolute atomic E-state index is 13.3. The molecule has 1 N–H and O–H groups in total. The highest BCUT2D eigenvalue weighted by molar-refractivity contribution is 5.94. The Labute approximate surface area is 231 Å². The molecule has 0 radical (unpaired) electrons. The molecule has 39 heavy (non-hydrogen) atoms. The Bertz CT molecular complexity index is 1170. The molecular formula is C32H40N2O5.